The molecule has 0 aliphatic carbocycles. The van der Waals surface area contributed by atoms with Crippen molar-refractivity contribution in [3.8, 4) is 16.2 Å². The van der Waals surface area contributed by atoms with Gasteiger partial charge in [-0.25, -0.2) is 4.98 Å². The fraction of sp³-hybridized carbons (Fsp3) is 0.250. The quantitative estimate of drug-likeness (QED) is 0.943. The number of halogens is 1. The number of ether oxygens (including phenoxy) is 1. The van der Waals surface area contributed by atoms with Crippen LogP contribution in [-0.4, -0.2) is 18.6 Å². The van der Waals surface area contributed by atoms with Crippen molar-refractivity contribution in [3.05, 3.63) is 33.9 Å². The van der Waals surface area contributed by atoms with Gasteiger partial charge in [0.2, 0.25) is 0 Å². The Morgan fingerprint density at radius 3 is 3.00 bits per heavy atom. The van der Waals surface area contributed by atoms with Crippen LogP contribution in [0.3, 0.4) is 0 Å². The lowest BCUT2D eigenvalue weighted by molar-refractivity contribution is 0.416. The zero-order chi connectivity index (χ0) is 12.3. The molecule has 3 nitrogen and oxygen atoms in total. The predicted octanol–water partition coefficient (Wildman–Crippen LogP) is 3.08. The van der Waals surface area contributed by atoms with Crippen LogP contribution in [0.4, 0.5) is 0 Å². The van der Waals surface area contributed by atoms with Crippen LogP contribution in [0.1, 0.15) is 5.01 Å². The van der Waals surface area contributed by atoms with E-state index in [1.807, 2.05) is 24.4 Å². The van der Waals surface area contributed by atoms with Crippen molar-refractivity contribution in [3.63, 3.8) is 0 Å². The Kier molecular flexibility index (Phi) is 4.15. The Bertz CT molecular complexity index is 513. The average molecular weight is 313 g/mol. The average Bonchev–Trinajstić information content (AvgIpc) is 2.78. The van der Waals surface area contributed by atoms with Crippen molar-refractivity contribution in [1.29, 1.82) is 0 Å². The van der Waals surface area contributed by atoms with E-state index in [2.05, 4.69) is 20.9 Å². The molecule has 1 heterocycles. The Morgan fingerprint density at radius 1 is 1.47 bits per heavy atom. The molecule has 2 rings (SSSR count). The van der Waals surface area contributed by atoms with Crippen molar-refractivity contribution >= 4 is 27.3 Å². The molecule has 0 unspecified atom stereocenters. The summed E-state index contributed by atoms with van der Waals surface area (Å²) in [7, 11) is 1.68. The number of methoxy groups -OCH3 is 1. The third kappa shape index (κ3) is 2.86. The topological polar surface area (TPSA) is 48.1 Å². The minimum absolute atomic E-state index is 0.628. The maximum absolute atomic E-state index is 5.52. The number of hydrogen-bond donors (Lipinski definition) is 1. The van der Waals surface area contributed by atoms with Crippen LogP contribution in [-0.2, 0) is 6.42 Å². The highest BCUT2D eigenvalue weighted by atomic mass is 79.9. The Balaban J connectivity index is 2.40. The van der Waals surface area contributed by atoms with Gasteiger partial charge in [-0.1, -0.05) is 15.9 Å². The molecule has 0 aliphatic rings. The van der Waals surface area contributed by atoms with Gasteiger partial charge in [-0.05, 0) is 24.7 Å². The molecule has 0 aliphatic heterocycles. The molecule has 0 saturated heterocycles. The van der Waals surface area contributed by atoms with Gasteiger partial charge in [-0.2, -0.15) is 0 Å². The molecule has 0 fully saturated rings. The first-order valence-electron chi connectivity index (χ1n) is 5.23. The van der Waals surface area contributed by atoms with Crippen LogP contribution < -0.4 is 10.5 Å². The maximum atomic E-state index is 5.52. The van der Waals surface area contributed by atoms with Crippen LogP contribution in [0.2, 0.25) is 0 Å². The predicted molar refractivity (Wildman–Crippen MR) is 74.6 cm³/mol. The smallest absolute Gasteiger partial charge is 0.127 e. The van der Waals surface area contributed by atoms with Crippen molar-refractivity contribution in [2.75, 3.05) is 13.7 Å². The lowest BCUT2D eigenvalue weighted by Crippen LogP contribution is -2.01. The molecular formula is C12H13BrN2OS. The fourth-order valence-corrected chi connectivity index (χ4v) is 2.86. The number of benzene rings is 1. The van der Waals surface area contributed by atoms with Gasteiger partial charge in [0.1, 0.15) is 5.75 Å². The molecule has 0 saturated carbocycles. The van der Waals surface area contributed by atoms with Crippen LogP contribution >= 0.6 is 27.3 Å². The summed E-state index contributed by atoms with van der Waals surface area (Å²) in [5.74, 6) is 0.858. The summed E-state index contributed by atoms with van der Waals surface area (Å²) in [6.07, 6.45) is 2.70. The SMILES string of the molecule is COc1ccc(Br)cc1-c1cnc(CCN)s1. The van der Waals surface area contributed by atoms with Crippen LogP contribution in [0.25, 0.3) is 10.4 Å². The van der Waals surface area contributed by atoms with Gasteiger partial charge >= 0.3 is 0 Å². The second kappa shape index (κ2) is 5.62. The summed E-state index contributed by atoms with van der Waals surface area (Å²) >= 11 is 5.13. The first-order chi connectivity index (χ1) is 8.24. The number of nitrogens with zero attached hydrogens (tertiary/aromatic N) is 1. The van der Waals surface area contributed by atoms with E-state index in [-0.39, 0.29) is 0 Å². The highest BCUT2D eigenvalue weighted by Gasteiger charge is 2.10. The molecule has 0 radical (unpaired) electrons. The highest BCUT2D eigenvalue weighted by Crippen LogP contribution is 2.35. The molecule has 2 N–H and O–H groups in total. The fourth-order valence-electron chi connectivity index (χ4n) is 1.55. The molecule has 5 heteroatoms. The molecule has 0 atom stereocenters. The summed E-state index contributed by atoms with van der Waals surface area (Å²) in [6.45, 7) is 0.628. The van der Waals surface area contributed by atoms with Crippen molar-refractivity contribution < 1.29 is 4.74 Å². The van der Waals surface area contributed by atoms with Gasteiger partial charge in [-0.15, -0.1) is 11.3 Å². The van der Waals surface area contributed by atoms with E-state index in [4.69, 9.17) is 10.5 Å². The summed E-state index contributed by atoms with van der Waals surface area (Å²) in [4.78, 5) is 5.46. The van der Waals surface area contributed by atoms with Gasteiger partial charge in [0.25, 0.3) is 0 Å². The molecular weight excluding hydrogens is 300 g/mol. The largest absolute Gasteiger partial charge is 0.496 e. The van der Waals surface area contributed by atoms with Crippen LogP contribution in [0.15, 0.2) is 28.9 Å². The van der Waals surface area contributed by atoms with E-state index in [1.165, 1.54) is 0 Å². The lowest BCUT2D eigenvalue weighted by Gasteiger charge is -2.06. The summed E-state index contributed by atoms with van der Waals surface area (Å²) in [5, 5.41) is 1.06. The van der Waals surface area contributed by atoms with E-state index < -0.39 is 0 Å². The van der Waals surface area contributed by atoms with Gasteiger partial charge < -0.3 is 10.5 Å². The van der Waals surface area contributed by atoms with Gasteiger partial charge in [0.05, 0.1) is 17.0 Å². The van der Waals surface area contributed by atoms with Gasteiger partial charge in [0.15, 0.2) is 0 Å². The van der Waals surface area contributed by atoms with E-state index in [0.29, 0.717) is 6.54 Å². The Morgan fingerprint density at radius 2 is 2.29 bits per heavy atom. The molecule has 1 aromatic carbocycles. The van der Waals surface area contributed by atoms with Gasteiger partial charge in [0, 0.05) is 22.7 Å². The number of aromatic nitrogens is 1. The Labute approximate surface area is 113 Å². The summed E-state index contributed by atoms with van der Waals surface area (Å²) in [5.41, 5.74) is 6.58. The number of rotatable bonds is 4. The third-order valence-corrected chi connectivity index (χ3v) is 3.92. The number of thiazole rings is 1. The van der Waals surface area contributed by atoms with Gasteiger partial charge in [-0.3, -0.25) is 0 Å². The highest BCUT2D eigenvalue weighted by molar-refractivity contribution is 9.10. The standard InChI is InChI=1S/C12H13BrN2OS/c1-16-10-3-2-8(13)6-9(10)11-7-15-12(17-11)4-5-14/h2-3,6-7H,4-5,14H2,1H3. The molecule has 0 spiro atoms. The third-order valence-electron chi connectivity index (χ3n) is 2.34. The van der Waals surface area contributed by atoms with Crippen LogP contribution in [0.5, 0.6) is 5.75 Å². The van der Waals surface area contributed by atoms with E-state index in [0.717, 1.165) is 32.1 Å². The van der Waals surface area contributed by atoms with Crippen molar-refractivity contribution in [1.82, 2.24) is 4.98 Å². The number of hydrogen-bond acceptors (Lipinski definition) is 4. The van der Waals surface area contributed by atoms with E-state index in [9.17, 15) is 0 Å². The van der Waals surface area contributed by atoms with E-state index in [1.54, 1.807) is 18.4 Å². The Hall–Kier alpha value is -0.910. The summed E-state index contributed by atoms with van der Waals surface area (Å²) in [6, 6.07) is 5.95. The molecule has 2 aromatic rings. The maximum Gasteiger partial charge on any atom is 0.127 e. The first kappa shape index (κ1) is 12.5. The zero-order valence-corrected chi connectivity index (χ0v) is 11.8. The molecule has 17 heavy (non-hydrogen) atoms. The van der Waals surface area contributed by atoms with Crippen molar-refractivity contribution in [2.24, 2.45) is 5.73 Å². The lowest BCUT2D eigenvalue weighted by atomic mass is 10.2. The van der Waals surface area contributed by atoms with Crippen molar-refractivity contribution in [2.45, 2.75) is 6.42 Å². The number of nitrogens with two attached hydrogens (primary N) is 1. The van der Waals surface area contributed by atoms with E-state index >= 15 is 0 Å². The van der Waals surface area contributed by atoms with Crippen LogP contribution in [0, 0.1) is 0 Å². The minimum atomic E-state index is 0.628. The monoisotopic (exact) mass is 312 g/mol. The minimum Gasteiger partial charge on any atom is -0.496 e. The molecule has 1 aromatic heterocycles. The summed E-state index contributed by atoms with van der Waals surface area (Å²) < 4.78 is 6.39. The zero-order valence-electron chi connectivity index (χ0n) is 9.44. The first-order valence-corrected chi connectivity index (χ1v) is 6.84. The molecule has 90 valence electrons. The molecule has 0 amide bonds. The normalized spacial score (nSPS) is 10.5. The second-order valence-corrected chi connectivity index (χ2v) is 5.53. The molecule has 0 bridgehead atoms. The second-order valence-electron chi connectivity index (χ2n) is 3.50.